The predicted octanol–water partition coefficient (Wildman–Crippen LogP) is -1.48. The molecule has 0 aliphatic heterocycles. The molecule has 0 radical (unpaired) electrons. The third kappa shape index (κ3) is 6.31. The average molecular weight is 477 g/mol. The summed E-state index contributed by atoms with van der Waals surface area (Å²) in [4.78, 5) is 11.9. The zero-order valence-corrected chi connectivity index (χ0v) is 18.9. The molecular weight excluding hydrogens is 436 g/mol. The standard InChI is InChI=1S/C23H40O10/c24-13-7-8-22(30)12(9-13)1-3-16-15(19(28)10-20(29)21(16)22)4-6-18(27)17(26)5-2-14(25)11-23(31,32)33/h12,14-21,25-33H,1-11H2. The van der Waals surface area contributed by atoms with E-state index in [1.54, 1.807) is 0 Å². The van der Waals surface area contributed by atoms with Crippen molar-refractivity contribution in [2.24, 2.45) is 23.7 Å². The SMILES string of the molecule is O=C1CCC2(O)C(CCC3C(CCC(O)C(O)CCC(O)CC(O)(O)O)C(O)CC(O)C32)C1. The highest BCUT2D eigenvalue weighted by atomic mass is 16.7. The van der Waals surface area contributed by atoms with Crippen LogP contribution in [0, 0.1) is 23.7 Å². The smallest absolute Gasteiger partial charge is 0.277 e. The van der Waals surface area contributed by atoms with Crippen molar-refractivity contribution in [1.29, 1.82) is 0 Å². The van der Waals surface area contributed by atoms with E-state index in [1.165, 1.54) is 0 Å². The van der Waals surface area contributed by atoms with E-state index in [2.05, 4.69) is 0 Å². The summed E-state index contributed by atoms with van der Waals surface area (Å²) in [6.07, 6.45) is -3.14. The molecule has 10 nitrogen and oxygen atoms in total. The summed E-state index contributed by atoms with van der Waals surface area (Å²) in [5, 5.41) is 90.0. The van der Waals surface area contributed by atoms with Crippen LogP contribution in [0.3, 0.4) is 0 Å². The molecule has 0 aromatic heterocycles. The highest BCUT2D eigenvalue weighted by molar-refractivity contribution is 5.79. The predicted molar refractivity (Wildman–Crippen MR) is 114 cm³/mol. The molecular formula is C23H40O10. The summed E-state index contributed by atoms with van der Waals surface area (Å²) in [7, 11) is 0. The number of hydrogen-bond donors (Lipinski definition) is 9. The van der Waals surface area contributed by atoms with Crippen LogP contribution < -0.4 is 0 Å². The van der Waals surface area contributed by atoms with Gasteiger partial charge < -0.3 is 46.0 Å². The van der Waals surface area contributed by atoms with E-state index in [9.17, 15) is 35.4 Å². The fourth-order valence-electron chi connectivity index (χ4n) is 6.72. The highest BCUT2D eigenvalue weighted by Gasteiger charge is 2.59. The van der Waals surface area contributed by atoms with E-state index in [0.29, 0.717) is 32.1 Å². The summed E-state index contributed by atoms with van der Waals surface area (Å²) in [5.41, 5.74) is -1.13. The van der Waals surface area contributed by atoms with Crippen molar-refractivity contribution in [3.63, 3.8) is 0 Å². The lowest BCUT2D eigenvalue weighted by atomic mass is 9.51. The Morgan fingerprint density at radius 3 is 2.30 bits per heavy atom. The van der Waals surface area contributed by atoms with Crippen LogP contribution in [0.4, 0.5) is 0 Å². The summed E-state index contributed by atoms with van der Waals surface area (Å²) in [5.74, 6) is -3.92. The molecule has 3 rings (SSSR count). The van der Waals surface area contributed by atoms with E-state index in [1.807, 2.05) is 0 Å². The van der Waals surface area contributed by atoms with Gasteiger partial charge in [0.25, 0.3) is 5.97 Å². The van der Waals surface area contributed by atoms with E-state index < -0.39 is 54.4 Å². The summed E-state index contributed by atoms with van der Waals surface area (Å²) < 4.78 is 0. The third-order valence-electron chi connectivity index (χ3n) is 8.36. The molecule has 192 valence electrons. The lowest BCUT2D eigenvalue weighted by Crippen LogP contribution is -2.62. The molecule has 0 amide bonds. The van der Waals surface area contributed by atoms with Gasteiger partial charge in [-0.3, -0.25) is 4.79 Å². The molecule has 0 saturated heterocycles. The second kappa shape index (κ2) is 10.5. The highest BCUT2D eigenvalue weighted by Crippen LogP contribution is 2.55. The molecule has 0 bridgehead atoms. The molecule has 0 aromatic rings. The van der Waals surface area contributed by atoms with E-state index in [4.69, 9.17) is 15.3 Å². The minimum absolute atomic E-state index is 0.0220. The van der Waals surface area contributed by atoms with Gasteiger partial charge in [-0.05, 0) is 69.1 Å². The zero-order chi connectivity index (χ0) is 24.6. The Morgan fingerprint density at radius 2 is 1.64 bits per heavy atom. The van der Waals surface area contributed by atoms with Crippen LogP contribution in [0.1, 0.15) is 70.6 Å². The Hall–Kier alpha value is -0.690. The van der Waals surface area contributed by atoms with Crippen molar-refractivity contribution in [3.05, 3.63) is 0 Å². The van der Waals surface area contributed by atoms with Crippen molar-refractivity contribution >= 4 is 5.78 Å². The van der Waals surface area contributed by atoms with E-state index in [0.717, 1.165) is 0 Å². The minimum atomic E-state index is -3.00. The average Bonchev–Trinajstić information content (AvgIpc) is 2.70. The monoisotopic (exact) mass is 476 g/mol. The Labute approximate surface area is 193 Å². The summed E-state index contributed by atoms with van der Waals surface area (Å²) >= 11 is 0. The number of ketones is 1. The molecule has 10 heteroatoms. The van der Waals surface area contributed by atoms with E-state index >= 15 is 0 Å². The number of fused-ring (bicyclic) bond motifs is 3. The van der Waals surface area contributed by atoms with Crippen LogP contribution in [0.2, 0.25) is 0 Å². The number of aliphatic hydroxyl groups excluding tert-OH is 5. The summed E-state index contributed by atoms with van der Waals surface area (Å²) in [6.45, 7) is 0. The fraction of sp³-hybridized carbons (Fsp3) is 0.957. The number of Topliss-reactive ketones (excluding diaryl/α,β-unsaturated/α-hetero) is 1. The van der Waals surface area contributed by atoms with Gasteiger partial charge in [0.1, 0.15) is 5.78 Å². The molecule has 3 aliphatic rings. The van der Waals surface area contributed by atoms with Crippen LogP contribution in [0.25, 0.3) is 0 Å². The molecule has 3 aliphatic carbocycles. The Morgan fingerprint density at radius 1 is 0.970 bits per heavy atom. The van der Waals surface area contributed by atoms with Gasteiger partial charge in [0.05, 0.1) is 42.5 Å². The molecule has 10 unspecified atom stereocenters. The lowest BCUT2D eigenvalue weighted by molar-refractivity contribution is -0.322. The van der Waals surface area contributed by atoms with Gasteiger partial charge in [0, 0.05) is 18.8 Å². The van der Waals surface area contributed by atoms with Crippen molar-refractivity contribution < 1.29 is 50.8 Å². The molecule has 0 spiro atoms. The van der Waals surface area contributed by atoms with Crippen LogP contribution in [-0.4, -0.2) is 93.8 Å². The second-order valence-corrected chi connectivity index (χ2v) is 10.7. The van der Waals surface area contributed by atoms with Crippen molar-refractivity contribution in [3.8, 4) is 0 Å². The zero-order valence-electron chi connectivity index (χ0n) is 18.9. The Balaban J connectivity index is 1.57. The van der Waals surface area contributed by atoms with Gasteiger partial charge in [-0.15, -0.1) is 0 Å². The molecule has 10 atom stereocenters. The topological polar surface area (TPSA) is 199 Å². The van der Waals surface area contributed by atoms with Gasteiger partial charge in [0.2, 0.25) is 0 Å². The number of carbonyl (C=O) groups excluding carboxylic acids is 1. The molecule has 3 saturated carbocycles. The maximum atomic E-state index is 11.9. The first-order chi connectivity index (χ1) is 15.3. The van der Waals surface area contributed by atoms with Gasteiger partial charge in [-0.1, -0.05) is 0 Å². The molecule has 3 fully saturated rings. The maximum absolute atomic E-state index is 11.9. The van der Waals surface area contributed by atoms with Gasteiger partial charge in [0.15, 0.2) is 0 Å². The molecule has 33 heavy (non-hydrogen) atoms. The Kier molecular flexibility index (Phi) is 8.57. The fourth-order valence-corrected chi connectivity index (χ4v) is 6.72. The largest absolute Gasteiger partial charge is 0.393 e. The molecule has 0 heterocycles. The lowest BCUT2D eigenvalue weighted by Gasteiger charge is -2.58. The van der Waals surface area contributed by atoms with Crippen LogP contribution >= 0.6 is 0 Å². The normalized spacial score (nSPS) is 40.0. The number of hydrogen-bond acceptors (Lipinski definition) is 10. The first-order valence-corrected chi connectivity index (χ1v) is 12.1. The Bertz CT molecular complexity index is 666. The number of carbonyl (C=O) groups is 1. The van der Waals surface area contributed by atoms with Crippen LogP contribution in [0.5, 0.6) is 0 Å². The first-order valence-electron chi connectivity index (χ1n) is 12.1. The van der Waals surface area contributed by atoms with Gasteiger partial charge in [-0.2, -0.15) is 0 Å². The maximum Gasteiger partial charge on any atom is 0.277 e. The summed E-state index contributed by atoms with van der Waals surface area (Å²) in [6, 6.07) is 0. The van der Waals surface area contributed by atoms with Gasteiger partial charge >= 0.3 is 0 Å². The van der Waals surface area contributed by atoms with Crippen molar-refractivity contribution in [2.45, 2.75) is 113 Å². The van der Waals surface area contributed by atoms with E-state index in [-0.39, 0.29) is 55.6 Å². The van der Waals surface area contributed by atoms with Crippen molar-refractivity contribution in [2.75, 3.05) is 0 Å². The number of rotatable bonds is 9. The second-order valence-electron chi connectivity index (χ2n) is 10.7. The minimum Gasteiger partial charge on any atom is -0.393 e. The first kappa shape index (κ1) is 26.9. The third-order valence-corrected chi connectivity index (χ3v) is 8.36. The quantitative estimate of drug-likeness (QED) is 0.177. The molecule has 9 N–H and O–H groups in total. The molecule has 0 aromatic carbocycles. The number of aliphatic hydroxyl groups is 9. The van der Waals surface area contributed by atoms with Crippen LogP contribution in [0.15, 0.2) is 0 Å². The van der Waals surface area contributed by atoms with Crippen LogP contribution in [-0.2, 0) is 4.79 Å². The van der Waals surface area contributed by atoms with Crippen molar-refractivity contribution in [1.82, 2.24) is 0 Å². The van der Waals surface area contributed by atoms with Gasteiger partial charge in [-0.25, -0.2) is 0 Å².